The third kappa shape index (κ3) is 2.65. The molecule has 1 heterocycles. The van der Waals surface area contributed by atoms with Gasteiger partial charge in [0.05, 0.1) is 5.88 Å². The van der Waals surface area contributed by atoms with Crippen LogP contribution in [0.25, 0.3) is 10.9 Å². The van der Waals surface area contributed by atoms with E-state index in [4.69, 9.17) is 16.3 Å². The number of rotatable bonds is 3. The standard InChI is InChI=1S/C16H11BrClNO/c17-13-6-7-14(12(9-13)10-18)20-15-5-1-3-11-4-2-8-19-16(11)15/h1-9H,10H2. The van der Waals surface area contributed by atoms with Crippen LogP contribution in [0.1, 0.15) is 5.56 Å². The van der Waals surface area contributed by atoms with Crippen LogP contribution in [0, 0.1) is 0 Å². The number of nitrogens with zero attached hydrogens (tertiary/aromatic N) is 1. The molecular weight excluding hydrogens is 338 g/mol. The Morgan fingerprint density at radius 2 is 1.90 bits per heavy atom. The molecule has 0 unspecified atom stereocenters. The van der Waals surface area contributed by atoms with Gasteiger partial charge in [-0.3, -0.25) is 4.98 Å². The van der Waals surface area contributed by atoms with Gasteiger partial charge in [-0.15, -0.1) is 11.6 Å². The topological polar surface area (TPSA) is 22.1 Å². The lowest BCUT2D eigenvalue weighted by Crippen LogP contribution is -1.91. The molecule has 0 aliphatic carbocycles. The Morgan fingerprint density at radius 3 is 2.75 bits per heavy atom. The molecule has 100 valence electrons. The Balaban J connectivity index is 2.05. The SMILES string of the molecule is ClCc1cc(Br)ccc1Oc1cccc2cccnc12. The van der Waals surface area contributed by atoms with Crippen LogP contribution in [0.5, 0.6) is 11.5 Å². The highest BCUT2D eigenvalue weighted by molar-refractivity contribution is 9.10. The van der Waals surface area contributed by atoms with E-state index in [1.165, 1.54) is 0 Å². The summed E-state index contributed by atoms with van der Waals surface area (Å²) in [6.07, 6.45) is 1.76. The number of fused-ring (bicyclic) bond motifs is 1. The average Bonchev–Trinajstić information content (AvgIpc) is 2.49. The molecule has 1 aromatic heterocycles. The highest BCUT2D eigenvalue weighted by Crippen LogP contribution is 2.32. The molecular formula is C16H11BrClNO. The molecule has 4 heteroatoms. The first kappa shape index (κ1) is 13.4. The van der Waals surface area contributed by atoms with E-state index < -0.39 is 0 Å². The second-order valence-electron chi connectivity index (χ2n) is 4.32. The number of benzene rings is 2. The van der Waals surface area contributed by atoms with Gasteiger partial charge < -0.3 is 4.74 Å². The van der Waals surface area contributed by atoms with Gasteiger partial charge in [-0.05, 0) is 30.3 Å². The number of hydrogen-bond acceptors (Lipinski definition) is 2. The van der Waals surface area contributed by atoms with Crippen molar-refractivity contribution in [2.75, 3.05) is 0 Å². The average molecular weight is 349 g/mol. The molecule has 0 radical (unpaired) electrons. The molecule has 0 aliphatic rings. The lowest BCUT2D eigenvalue weighted by Gasteiger charge is -2.11. The summed E-state index contributed by atoms with van der Waals surface area (Å²) in [4.78, 5) is 4.38. The van der Waals surface area contributed by atoms with Gasteiger partial charge >= 0.3 is 0 Å². The van der Waals surface area contributed by atoms with Crippen LogP contribution in [0.2, 0.25) is 0 Å². The molecule has 2 nitrogen and oxygen atoms in total. The molecule has 0 fully saturated rings. The summed E-state index contributed by atoms with van der Waals surface area (Å²) in [6, 6.07) is 15.6. The molecule has 0 bridgehead atoms. The Hall–Kier alpha value is -1.58. The Labute approximate surface area is 130 Å². The fourth-order valence-electron chi connectivity index (χ4n) is 2.03. The zero-order valence-electron chi connectivity index (χ0n) is 10.5. The van der Waals surface area contributed by atoms with Crippen molar-refractivity contribution in [3.63, 3.8) is 0 Å². The number of halogens is 2. The Morgan fingerprint density at radius 1 is 1.05 bits per heavy atom. The lowest BCUT2D eigenvalue weighted by molar-refractivity contribution is 0.482. The number of alkyl halides is 1. The van der Waals surface area contributed by atoms with E-state index in [9.17, 15) is 0 Å². The molecule has 3 rings (SSSR count). The molecule has 0 N–H and O–H groups in total. The molecule has 0 spiro atoms. The number of pyridine rings is 1. The summed E-state index contributed by atoms with van der Waals surface area (Å²) < 4.78 is 6.98. The van der Waals surface area contributed by atoms with Gasteiger partial charge in [0.2, 0.25) is 0 Å². The van der Waals surface area contributed by atoms with Crippen molar-refractivity contribution in [1.29, 1.82) is 0 Å². The first-order valence-corrected chi connectivity index (χ1v) is 7.46. The van der Waals surface area contributed by atoms with Gasteiger partial charge in [0.25, 0.3) is 0 Å². The fourth-order valence-corrected chi connectivity index (χ4v) is 2.65. The third-order valence-electron chi connectivity index (χ3n) is 2.98. The summed E-state index contributed by atoms with van der Waals surface area (Å²) in [5.74, 6) is 1.88. The Kier molecular flexibility index (Phi) is 3.90. The van der Waals surface area contributed by atoms with Gasteiger partial charge in [-0.1, -0.05) is 34.1 Å². The van der Waals surface area contributed by atoms with Gasteiger partial charge in [0.15, 0.2) is 5.75 Å². The van der Waals surface area contributed by atoms with Crippen LogP contribution in [0.4, 0.5) is 0 Å². The monoisotopic (exact) mass is 347 g/mol. The minimum atomic E-state index is 0.396. The van der Waals surface area contributed by atoms with Crippen molar-refractivity contribution in [2.45, 2.75) is 5.88 Å². The summed E-state index contributed by atoms with van der Waals surface area (Å²) in [7, 11) is 0. The van der Waals surface area contributed by atoms with Crippen LogP contribution in [-0.2, 0) is 5.88 Å². The smallest absolute Gasteiger partial charge is 0.153 e. The van der Waals surface area contributed by atoms with Crippen LogP contribution < -0.4 is 4.74 Å². The van der Waals surface area contributed by atoms with Crippen molar-refractivity contribution in [3.05, 3.63) is 64.8 Å². The number of para-hydroxylation sites is 1. The number of ether oxygens (including phenoxy) is 1. The summed E-state index contributed by atoms with van der Waals surface area (Å²) >= 11 is 9.41. The second kappa shape index (κ2) is 5.81. The first-order chi connectivity index (χ1) is 9.78. The van der Waals surface area contributed by atoms with Gasteiger partial charge in [-0.2, -0.15) is 0 Å². The van der Waals surface area contributed by atoms with Gasteiger partial charge in [-0.25, -0.2) is 0 Å². The van der Waals surface area contributed by atoms with Crippen molar-refractivity contribution in [3.8, 4) is 11.5 Å². The zero-order chi connectivity index (χ0) is 13.9. The maximum atomic E-state index is 6.00. The van der Waals surface area contributed by atoms with E-state index in [0.717, 1.165) is 32.4 Å². The van der Waals surface area contributed by atoms with Crippen LogP contribution in [-0.4, -0.2) is 4.98 Å². The van der Waals surface area contributed by atoms with Crippen LogP contribution >= 0.6 is 27.5 Å². The van der Waals surface area contributed by atoms with Crippen LogP contribution in [0.15, 0.2) is 59.2 Å². The molecule has 0 aliphatic heterocycles. The molecule has 0 atom stereocenters. The molecule has 3 aromatic rings. The van der Waals surface area contributed by atoms with E-state index >= 15 is 0 Å². The predicted molar refractivity (Wildman–Crippen MR) is 85.5 cm³/mol. The van der Waals surface area contributed by atoms with E-state index in [1.54, 1.807) is 6.20 Å². The summed E-state index contributed by atoms with van der Waals surface area (Å²) in [6.45, 7) is 0. The molecule has 0 saturated heterocycles. The first-order valence-electron chi connectivity index (χ1n) is 6.14. The number of aromatic nitrogens is 1. The van der Waals surface area contributed by atoms with Crippen molar-refractivity contribution >= 4 is 38.4 Å². The summed E-state index contributed by atoms with van der Waals surface area (Å²) in [5.41, 5.74) is 1.78. The van der Waals surface area contributed by atoms with Crippen LogP contribution in [0.3, 0.4) is 0 Å². The predicted octanol–water partition coefficient (Wildman–Crippen LogP) is 5.53. The quantitative estimate of drug-likeness (QED) is 0.581. The molecule has 20 heavy (non-hydrogen) atoms. The zero-order valence-corrected chi connectivity index (χ0v) is 12.9. The lowest BCUT2D eigenvalue weighted by atomic mass is 10.2. The normalized spacial score (nSPS) is 10.7. The highest BCUT2D eigenvalue weighted by atomic mass is 79.9. The molecule has 0 amide bonds. The third-order valence-corrected chi connectivity index (χ3v) is 3.76. The van der Waals surface area contributed by atoms with Gasteiger partial charge in [0.1, 0.15) is 11.3 Å². The van der Waals surface area contributed by atoms with E-state index in [2.05, 4.69) is 20.9 Å². The van der Waals surface area contributed by atoms with E-state index in [0.29, 0.717) is 5.88 Å². The van der Waals surface area contributed by atoms with Crippen molar-refractivity contribution < 1.29 is 4.74 Å². The molecule has 2 aromatic carbocycles. The van der Waals surface area contributed by atoms with Gasteiger partial charge in [0, 0.05) is 21.6 Å². The maximum Gasteiger partial charge on any atom is 0.153 e. The minimum absolute atomic E-state index is 0.396. The minimum Gasteiger partial charge on any atom is -0.455 e. The highest BCUT2D eigenvalue weighted by Gasteiger charge is 2.08. The largest absolute Gasteiger partial charge is 0.455 e. The van der Waals surface area contributed by atoms with Crippen molar-refractivity contribution in [2.24, 2.45) is 0 Å². The molecule has 0 saturated carbocycles. The maximum absolute atomic E-state index is 6.00. The second-order valence-corrected chi connectivity index (χ2v) is 5.50. The Bertz CT molecular complexity index is 755. The van der Waals surface area contributed by atoms with E-state index in [1.807, 2.05) is 48.5 Å². The summed E-state index contributed by atoms with van der Waals surface area (Å²) in [5, 5.41) is 1.05. The fraction of sp³-hybridized carbons (Fsp3) is 0.0625. The van der Waals surface area contributed by atoms with Crippen molar-refractivity contribution in [1.82, 2.24) is 4.98 Å². The van der Waals surface area contributed by atoms with E-state index in [-0.39, 0.29) is 0 Å². The number of hydrogen-bond donors (Lipinski definition) is 0.